The van der Waals surface area contributed by atoms with Crippen molar-refractivity contribution < 1.29 is 9.59 Å². The van der Waals surface area contributed by atoms with E-state index in [-0.39, 0.29) is 18.7 Å². The van der Waals surface area contributed by atoms with Crippen LogP contribution in [0.3, 0.4) is 0 Å². The first kappa shape index (κ1) is 5.08. The molecule has 0 radical (unpaired) electrons. The summed E-state index contributed by atoms with van der Waals surface area (Å²) in [5.41, 5.74) is 0. The smallest absolute Gasteiger partial charge is 0.271 e. The zero-order chi connectivity index (χ0) is 5.98. The maximum absolute atomic E-state index is 10.3. The Morgan fingerprint density at radius 3 is 2.50 bits per heavy atom. The van der Waals surface area contributed by atoms with Crippen LogP contribution in [0, 0.1) is 0 Å². The van der Waals surface area contributed by atoms with Gasteiger partial charge < -0.3 is 0 Å². The predicted molar refractivity (Wildman–Crippen MR) is 24.4 cm³/mol. The molecule has 8 heavy (non-hydrogen) atoms. The van der Waals surface area contributed by atoms with Crippen LogP contribution in [0.4, 0.5) is 0 Å². The third kappa shape index (κ3) is 0.959. The lowest BCUT2D eigenvalue weighted by molar-refractivity contribution is -0.127. The fourth-order valence-corrected chi connectivity index (χ4v) is 0.453. The van der Waals surface area contributed by atoms with Gasteiger partial charge in [0.15, 0.2) is 5.78 Å². The summed E-state index contributed by atoms with van der Waals surface area (Å²) in [4.78, 5) is 20.5. The van der Waals surface area contributed by atoms with E-state index in [9.17, 15) is 9.59 Å². The van der Waals surface area contributed by atoms with Gasteiger partial charge in [-0.1, -0.05) is 0 Å². The number of nitrogens with zero attached hydrogens (tertiary/aromatic N) is 2. The normalized spacial score (nSPS) is 19.5. The standard InChI is InChI=1S/C4H4N2O2/c7-3-1-4(8)6-5-2-3/h1-2H2. The summed E-state index contributed by atoms with van der Waals surface area (Å²) < 4.78 is 0. The van der Waals surface area contributed by atoms with Crippen molar-refractivity contribution >= 4 is 11.7 Å². The second kappa shape index (κ2) is 1.81. The van der Waals surface area contributed by atoms with Gasteiger partial charge in [-0.05, 0) is 0 Å². The van der Waals surface area contributed by atoms with Crippen molar-refractivity contribution in [2.45, 2.75) is 6.42 Å². The van der Waals surface area contributed by atoms with Gasteiger partial charge >= 0.3 is 0 Å². The first-order valence-corrected chi connectivity index (χ1v) is 2.21. The number of Topliss-reactive ketones (excluding diaryl/α,β-unsaturated/α-hetero) is 1. The highest BCUT2D eigenvalue weighted by molar-refractivity contribution is 6.00. The highest BCUT2D eigenvalue weighted by Gasteiger charge is 2.11. The Hall–Kier alpha value is -1.06. The zero-order valence-electron chi connectivity index (χ0n) is 4.13. The van der Waals surface area contributed by atoms with Crippen LogP contribution in [-0.2, 0) is 9.59 Å². The molecule has 0 bridgehead atoms. The minimum absolute atomic E-state index is 0.0660. The van der Waals surface area contributed by atoms with E-state index in [1.54, 1.807) is 0 Å². The molecule has 0 N–H and O–H groups in total. The van der Waals surface area contributed by atoms with E-state index in [2.05, 4.69) is 10.2 Å². The number of ketones is 1. The van der Waals surface area contributed by atoms with E-state index in [4.69, 9.17) is 0 Å². The summed E-state index contributed by atoms with van der Waals surface area (Å²) in [6.45, 7) is 0.0751. The highest BCUT2D eigenvalue weighted by atomic mass is 16.2. The van der Waals surface area contributed by atoms with Crippen LogP contribution < -0.4 is 0 Å². The number of hydrogen-bond donors (Lipinski definition) is 0. The Bertz CT molecular complexity index is 161. The highest BCUT2D eigenvalue weighted by Crippen LogP contribution is 1.95. The molecule has 0 saturated carbocycles. The summed E-state index contributed by atoms with van der Waals surface area (Å²) in [6, 6.07) is 0. The SMILES string of the molecule is O=C1CN=NC(=O)C1. The topological polar surface area (TPSA) is 58.9 Å². The predicted octanol–water partition coefficient (Wildman–Crippen LogP) is -0.0620. The van der Waals surface area contributed by atoms with Gasteiger partial charge in [-0.2, -0.15) is 5.11 Å². The van der Waals surface area contributed by atoms with E-state index >= 15 is 0 Å². The molecule has 0 aromatic heterocycles. The molecule has 0 aliphatic carbocycles. The first-order valence-electron chi connectivity index (χ1n) is 2.21. The number of azo groups is 1. The van der Waals surface area contributed by atoms with Crippen LogP contribution in [0.25, 0.3) is 0 Å². The molecule has 1 aliphatic heterocycles. The van der Waals surface area contributed by atoms with Crippen molar-refractivity contribution in [3.8, 4) is 0 Å². The molecule has 0 spiro atoms. The molecule has 42 valence electrons. The van der Waals surface area contributed by atoms with Crippen molar-refractivity contribution in [3.05, 3.63) is 0 Å². The van der Waals surface area contributed by atoms with Gasteiger partial charge in [0.2, 0.25) is 0 Å². The quantitative estimate of drug-likeness (QED) is 0.412. The van der Waals surface area contributed by atoms with Crippen molar-refractivity contribution in [1.29, 1.82) is 0 Å². The van der Waals surface area contributed by atoms with Crippen LogP contribution >= 0.6 is 0 Å². The molecule has 0 atom stereocenters. The molecular formula is C4H4N2O2. The largest absolute Gasteiger partial charge is 0.297 e. The molecule has 1 aliphatic rings. The third-order valence-electron chi connectivity index (χ3n) is 0.778. The number of hydrogen-bond acceptors (Lipinski definition) is 3. The van der Waals surface area contributed by atoms with Gasteiger partial charge in [0, 0.05) is 0 Å². The van der Waals surface area contributed by atoms with Gasteiger partial charge in [-0.15, -0.1) is 5.11 Å². The zero-order valence-corrected chi connectivity index (χ0v) is 4.13. The molecule has 1 amide bonds. The summed E-state index contributed by atoms with van der Waals surface area (Å²) in [6.07, 6.45) is -0.0660. The number of carbonyl (C=O) groups is 2. The van der Waals surface area contributed by atoms with Gasteiger partial charge in [0.25, 0.3) is 5.91 Å². The van der Waals surface area contributed by atoms with Crippen molar-refractivity contribution in [2.24, 2.45) is 10.2 Å². The lowest BCUT2D eigenvalue weighted by Crippen LogP contribution is -2.12. The maximum Gasteiger partial charge on any atom is 0.271 e. The number of rotatable bonds is 0. The second-order valence-corrected chi connectivity index (χ2v) is 1.51. The minimum atomic E-state index is -0.429. The molecule has 0 aromatic carbocycles. The Kier molecular flexibility index (Phi) is 1.15. The molecule has 1 heterocycles. The summed E-state index contributed by atoms with van der Waals surface area (Å²) >= 11 is 0. The molecule has 4 nitrogen and oxygen atoms in total. The summed E-state index contributed by atoms with van der Waals surface area (Å²) in [5.74, 6) is -0.578. The second-order valence-electron chi connectivity index (χ2n) is 1.51. The molecule has 4 heteroatoms. The van der Waals surface area contributed by atoms with Gasteiger partial charge in [0.05, 0.1) is 6.42 Å². The van der Waals surface area contributed by atoms with Crippen LogP contribution in [0.15, 0.2) is 10.2 Å². The van der Waals surface area contributed by atoms with E-state index in [1.807, 2.05) is 0 Å². The van der Waals surface area contributed by atoms with Gasteiger partial charge in [-0.3, -0.25) is 9.59 Å². The lowest BCUT2D eigenvalue weighted by Gasteiger charge is -1.95. The van der Waals surface area contributed by atoms with Crippen LogP contribution in [0.2, 0.25) is 0 Å². The fourth-order valence-electron chi connectivity index (χ4n) is 0.453. The van der Waals surface area contributed by atoms with E-state index in [0.717, 1.165) is 0 Å². The van der Waals surface area contributed by atoms with E-state index in [1.165, 1.54) is 0 Å². The monoisotopic (exact) mass is 112 g/mol. The van der Waals surface area contributed by atoms with Crippen molar-refractivity contribution in [3.63, 3.8) is 0 Å². The van der Waals surface area contributed by atoms with Crippen LogP contribution in [0.1, 0.15) is 6.42 Å². The van der Waals surface area contributed by atoms with Crippen LogP contribution in [-0.4, -0.2) is 18.2 Å². The summed E-state index contributed by atoms with van der Waals surface area (Å²) in [5, 5.41) is 6.41. The lowest BCUT2D eigenvalue weighted by atomic mass is 10.2. The van der Waals surface area contributed by atoms with Crippen molar-refractivity contribution in [2.75, 3.05) is 6.54 Å². The average Bonchev–Trinajstić information content (AvgIpc) is 1.64. The fraction of sp³-hybridized carbons (Fsp3) is 0.500. The van der Waals surface area contributed by atoms with E-state index < -0.39 is 5.91 Å². The maximum atomic E-state index is 10.3. The van der Waals surface area contributed by atoms with Crippen molar-refractivity contribution in [1.82, 2.24) is 0 Å². The molecule has 0 saturated heterocycles. The van der Waals surface area contributed by atoms with Gasteiger partial charge in [-0.25, -0.2) is 0 Å². The number of carbonyl (C=O) groups excluding carboxylic acids is 2. The Balaban J connectivity index is 2.68. The molecule has 0 unspecified atom stereocenters. The molecule has 0 fully saturated rings. The summed E-state index contributed by atoms with van der Waals surface area (Å²) in [7, 11) is 0. The van der Waals surface area contributed by atoms with E-state index in [0.29, 0.717) is 0 Å². The molecule has 0 aromatic rings. The Labute approximate surface area is 45.6 Å². The molecule has 1 rings (SSSR count). The minimum Gasteiger partial charge on any atom is -0.297 e. The Morgan fingerprint density at radius 1 is 1.38 bits per heavy atom. The average molecular weight is 112 g/mol. The number of amides is 1. The first-order chi connectivity index (χ1) is 3.79. The van der Waals surface area contributed by atoms with Crippen LogP contribution in [0.5, 0.6) is 0 Å². The Morgan fingerprint density at radius 2 is 2.12 bits per heavy atom. The third-order valence-corrected chi connectivity index (χ3v) is 0.778. The van der Waals surface area contributed by atoms with Gasteiger partial charge in [0.1, 0.15) is 6.54 Å². The molecular weight excluding hydrogens is 108 g/mol.